The highest BCUT2D eigenvalue weighted by atomic mass is 32.2. The zero-order valence-electron chi connectivity index (χ0n) is 9.13. The van der Waals surface area contributed by atoms with Crippen LogP contribution in [0.1, 0.15) is 10.4 Å². The first-order valence-corrected chi connectivity index (χ1v) is 6.76. The first-order chi connectivity index (χ1) is 8.07. The first-order valence-electron chi connectivity index (χ1n) is 5.21. The maximum absolute atomic E-state index is 12.2. The lowest BCUT2D eigenvalue weighted by molar-refractivity contribution is 0.0415. The van der Waals surface area contributed by atoms with Gasteiger partial charge in [-0.05, 0) is 6.07 Å². The molecule has 6 heteroatoms. The Morgan fingerprint density at radius 3 is 2.53 bits per heavy atom. The smallest absolute Gasteiger partial charge is 0.186 e. The molecule has 0 atom stereocenters. The Kier molecular flexibility index (Phi) is 3.28. The molecule has 1 aliphatic rings. The summed E-state index contributed by atoms with van der Waals surface area (Å²) in [6.07, 6.45) is 0. The Bertz CT molecular complexity index is 534. The Labute approximate surface area is 99.5 Å². The van der Waals surface area contributed by atoms with Crippen molar-refractivity contribution in [3.63, 3.8) is 0 Å². The molecule has 0 aliphatic carbocycles. The summed E-state index contributed by atoms with van der Waals surface area (Å²) in [5.74, 6) is -0.371. The van der Waals surface area contributed by atoms with E-state index in [0.29, 0.717) is 0 Å². The van der Waals surface area contributed by atoms with Crippen molar-refractivity contribution < 1.29 is 17.9 Å². The second-order valence-electron chi connectivity index (χ2n) is 3.83. The number of hydrogen-bond acceptors (Lipinski definition) is 5. The van der Waals surface area contributed by atoms with Crippen molar-refractivity contribution in [2.24, 2.45) is 5.73 Å². The van der Waals surface area contributed by atoms with Gasteiger partial charge in [-0.3, -0.25) is 4.79 Å². The maximum Gasteiger partial charge on any atom is 0.186 e. The van der Waals surface area contributed by atoms with Gasteiger partial charge in [0.2, 0.25) is 0 Å². The summed E-state index contributed by atoms with van der Waals surface area (Å²) in [6.45, 7) is 0.175. The van der Waals surface area contributed by atoms with Crippen molar-refractivity contribution in [1.29, 1.82) is 0 Å². The van der Waals surface area contributed by atoms with Crippen LogP contribution in [0.3, 0.4) is 0 Å². The fourth-order valence-electron chi connectivity index (χ4n) is 1.63. The highest BCUT2D eigenvalue weighted by Gasteiger charge is 2.35. The van der Waals surface area contributed by atoms with Crippen LogP contribution in [0, 0.1) is 0 Å². The molecule has 1 fully saturated rings. The van der Waals surface area contributed by atoms with Crippen LogP contribution in [0.2, 0.25) is 0 Å². The van der Waals surface area contributed by atoms with Crippen molar-refractivity contribution in [2.75, 3.05) is 19.8 Å². The standard InChI is InChI=1S/C11H13NO4S/c12-5-10(13)9-3-1-2-4-11(9)17(14,15)8-6-16-7-8/h1-4,8H,5-7,12H2. The van der Waals surface area contributed by atoms with E-state index in [1.54, 1.807) is 12.1 Å². The summed E-state index contributed by atoms with van der Waals surface area (Å²) in [5.41, 5.74) is 5.44. The zero-order valence-corrected chi connectivity index (χ0v) is 9.94. The second kappa shape index (κ2) is 4.56. The zero-order chi connectivity index (χ0) is 12.5. The molecule has 5 nitrogen and oxygen atoms in total. The highest BCUT2D eigenvalue weighted by Crippen LogP contribution is 2.24. The van der Waals surface area contributed by atoms with Gasteiger partial charge in [-0.1, -0.05) is 18.2 Å². The fourth-order valence-corrected chi connectivity index (χ4v) is 3.29. The molecule has 0 saturated carbocycles. The molecule has 0 aromatic heterocycles. The monoisotopic (exact) mass is 255 g/mol. The molecule has 1 aromatic rings. The molecular formula is C11H13NO4S. The van der Waals surface area contributed by atoms with E-state index in [0.717, 1.165) is 0 Å². The number of rotatable bonds is 4. The van der Waals surface area contributed by atoms with E-state index in [1.165, 1.54) is 12.1 Å². The molecule has 2 N–H and O–H groups in total. The van der Waals surface area contributed by atoms with Gasteiger partial charge in [-0.15, -0.1) is 0 Å². The third-order valence-corrected chi connectivity index (χ3v) is 4.84. The molecule has 1 saturated heterocycles. The van der Waals surface area contributed by atoms with Gasteiger partial charge in [0.05, 0.1) is 24.7 Å². The van der Waals surface area contributed by atoms with Gasteiger partial charge >= 0.3 is 0 Å². The van der Waals surface area contributed by atoms with Gasteiger partial charge < -0.3 is 10.5 Å². The number of nitrogens with two attached hydrogens (primary N) is 1. The van der Waals surface area contributed by atoms with Gasteiger partial charge in [-0.2, -0.15) is 0 Å². The SMILES string of the molecule is NCC(=O)c1ccccc1S(=O)(=O)C1COC1. The normalized spacial score (nSPS) is 16.5. The predicted octanol–water partition coefficient (Wildman–Crippen LogP) is 0.000500. The molecule has 1 aromatic carbocycles. The molecule has 2 rings (SSSR count). The highest BCUT2D eigenvalue weighted by molar-refractivity contribution is 7.92. The largest absolute Gasteiger partial charge is 0.379 e. The van der Waals surface area contributed by atoms with Crippen LogP contribution < -0.4 is 5.73 Å². The number of ether oxygens (including phenoxy) is 1. The second-order valence-corrected chi connectivity index (χ2v) is 6.02. The van der Waals surface area contributed by atoms with Crippen LogP contribution in [-0.2, 0) is 14.6 Å². The number of benzene rings is 1. The van der Waals surface area contributed by atoms with E-state index >= 15 is 0 Å². The lowest BCUT2D eigenvalue weighted by Gasteiger charge is -2.26. The van der Waals surface area contributed by atoms with E-state index in [4.69, 9.17) is 10.5 Å². The quantitative estimate of drug-likeness (QED) is 0.765. The van der Waals surface area contributed by atoms with Gasteiger partial charge in [-0.25, -0.2) is 8.42 Å². The molecule has 1 heterocycles. The molecule has 0 spiro atoms. The number of Topliss-reactive ketones (excluding diaryl/α,β-unsaturated/α-hetero) is 1. The molecule has 0 radical (unpaired) electrons. The van der Waals surface area contributed by atoms with E-state index in [9.17, 15) is 13.2 Å². The molecule has 92 valence electrons. The number of carbonyl (C=O) groups is 1. The summed E-state index contributed by atoms with van der Waals surface area (Å²) in [4.78, 5) is 11.6. The molecule has 17 heavy (non-hydrogen) atoms. The third-order valence-electron chi connectivity index (χ3n) is 2.73. The summed E-state index contributed by atoms with van der Waals surface area (Å²) < 4.78 is 29.2. The Balaban J connectivity index is 2.48. The maximum atomic E-state index is 12.2. The Morgan fingerprint density at radius 2 is 2.00 bits per heavy atom. The van der Waals surface area contributed by atoms with Crippen molar-refractivity contribution in [1.82, 2.24) is 0 Å². The predicted molar refractivity (Wildman–Crippen MR) is 61.6 cm³/mol. The van der Waals surface area contributed by atoms with Crippen LogP contribution in [0.4, 0.5) is 0 Å². The lowest BCUT2D eigenvalue weighted by Crippen LogP contribution is -2.41. The van der Waals surface area contributed by atoms with Crippen LogP contribution in [0.15, 0.2) is 29.2 Å². The minimum atomic E-state index is -3.49. The minimum absolute atomic E-state index is 0.0590. The Morgan fingerprint density at radius 1 is 1.35 bits per heavy atom. The van der Waals surface area contributed by atoms with Gasteiger partial charge in [0, 0.05) is 5.56 Å². The number of ketones is 1. The first kappa shape index (κ1) is 12.2. The lowest BCUT2D eigenvalue weighted by atomic mass is 10.1. The van der Waals surface area contributed by atoms with E-state index in [2.05, 4.69) is 0 Å². The number of sulfone groups is 1. The van der Waals surface area contributed by atoms with E-state index in [-0.39, 0.29) is 36.0 Å². The van der Waals surface area contributed by atoms with Crippen molar-refractivity contribution >= 4 is 15.6 Å². The summed E-state index contributed by atoms with van der Waals surface area (Å²) in [6, 6.07) is 6.15. The number of carbonyl (C=O) groups excluding carboxylic acids is 1. The minimum Gasteiger partial charge on any atom is -0.379 e. The molecule has 1 aliphatic heterocycles. The molecule has 0 amide bonds. The molecular weight excluding hydrogens is 242 g/mol. The fraction of sp³-hybridized carbons (Fsp3) is 0.364. The number of hydrogen-bond donors (Lipinski definition) is 1. The van der Waals surface area contributed by atoms with Gasteiger partial charge in [0.25, 0.3) is 0 Å². The van der Waals surface area contributed by atoms with Crippen molar-refractivity contribution in [2.45, 2.75) is 10.1 Å². The summed E-state index contributed by atoms with van der Waals surface area (Å²) >= 11 is 0. The summed E-state index contributed by atoms with van der Waals surface area (Å²) in [5, 5.41) is -0.547. The van der Waals surface area contributed by atoms with E-state index in [1.807, 2.05) is 0 Å². The van der Waals surface area contributed by atoms with E-state index < -0.39 is 15.1 Å². The van der Waals surface area contributed by atoms with Crippen LogP contribution in [-0.4, -0.2) is 39.2 Å². The molecule has 0 bridgehead atoms. The van der Waals surface area contributed by atoms with Crippen LogP contribution in [0.25, 0.3) is 0 Å². The third kappa shape index (κ3) is 2.11. The van der Waals surface area contributed by atoms with Crippen molar-refractivity contribution in [3.05, 3.63) is 29.8 Å². The average Bonchev–Trinajstić information content (AvgIpc) is 2.25. The van der Waals surface area contributed by atoms with Crippen LogP contribution in [0.5, 0.6) is 0 Å². The van der Waals surface area contributed by atoms with Crippen LogP contribution >= 0.6 is 0 Å². The summed E-state index contributed by atoms with van der Waals surface area (Å²) in [7, 11) is -3.49. The molecule has 0 unspecified atom stereocenters. The average molecular weight is 255 g/mol. The Hall–Kier alpha value is -1.24. The van der Waals surface area contributed by atoms with Crippen molar-refractivity contribution in [3.8, 4) is 0 Å². The topological polar surface area (TPSA) is 86.5 Å². The van der Waals surface area contributed by atoms with Gasteiger partial charge in [0.15, 0.2) is 15.6 Å². The van der Waals surface area contributed by atoms with Gasteiger partial charge in [0.1, 0.15) is 5.25 Å².